The minimum Gasteiger partial charge on any atom is -0.497 e. The van der Waals surface area contributed by atoms with Crippen LogP contribution in [0.15, 0.2) is 64.9 Å². The van der Waals surface area contributed by atoms with Gasteiger partial charge in [-0.15, -0.1) is 11.3 Å². The highest BCUT2D eigenvalue weighted by Gasteiger charge is 2.26. The number of hydrogen-bond acceptors (Lipinski definition) is 8. The zero-order valence-electron chi connectivity index (χ0n) is 19.6. The Hall–Kier alpha value is -3.32. The van der Waals surface area contributed by atoms with Gasteiger partial charge in [0.05, 0.1) is 17.7 Å². The number of carbonyl (C=O) groups excluding carboxylic acids is 2. The number of amides is 2. The number of ether oxygens (including phenoxy) is 1. The second kappa shape index (κ2) is 13.1. The summed E-state index contributed by atoms with van der Waals surface area (Å²) in [6, 6.07) is 14.4. The Morgan fingerprint density at radius 2 is 1.86 bits per heavy atom. The molecule has 1 aromatic heterocycles. The van der Waals surface area contributed by atoms with E-state index in [9.17, 15) is 18.0 Å². The number of benzene rings is 2. The molecule has 0 aliphatic carbocycles. The van der Waals surface area contributed by atoms with E-state index in [4.69, 9.17) is 9.94 Å². The number of carbonyl (C=O) groups is 2. The van der Waals surface area contributed by atoms with Crippen LogP contribution in [-0.4, -0.2) is 43.6 Å². The molecule has 2 amide bonds. The Morgan fingerprint density at radius 3 is 2.58 bits per heavy atom. The Morgan fingerprint density at radius 1 is 1.08 bits per heavy atom. The third-order valence-corrected chi connectivity index (χ3v) is 7.52. The summed E-state index contributed by atoms with van der Waals surface area (Å²) in [5, 5.41) is 13.5. The molecule has 0 saturated carbocycles. The fraction of sp³-hybridized carbons (Fsp3) is 0.292. The molecule has 0 spiro atoms. The molecule has 3 aromatic rings. The van der Waals surface area contributed by atoms with Gasteiger partial charge in [-0.25, -0.2) is 18.9 Å². The van der Waals surface area contributed by atoms with E-state index >= 15 is 0 Å². The number of sulfonamides is 1. The quantitative estimate of drug-likeness (QED) is 0.149. The van der Waals surface area contributed by atoms with Gasteiger partial charge in [-0.2, -0.15) is 4.72 Å². The summed E-state index contributed by atoms with van der Waals surface area (Å²) in [7, 11) is -2.60. The van der Waals surface area contributed by atoms with E-state index in [0.717, 1.165) is 5.56 Å². The highest BCUT2D eigenvalue weighted by Crippen LogP contribution is 2.25. The Balaban J connectivity index is 1.72. The van der Waals surface area contributed by atoms with Crippen molar-refractivity contribution in [1.29, 1.82) is 0 Å². The van der Waals surface area contributed by atoms with Gasteiger partial charge < -0.3 is 10.1 Å². The predicted octanol–water partition coefficient (Wildman–Crippen LogP) is 3.56. The van der Waals surface area contributed by atoms with Crippen molar-refractivity contribution in [1.82, 2.24) is 15.2 Å². The number of hydrogen-bond donors (Lipinski definition) is 4. The van der Waals surface area contributed by atoms with Gasteiger partial charge in [0.15, 0.2) is 5.13 Å². The third-order valence-electron chi connectivity index (χ3n) is 5.29. The zero-order valence-corrected chi connectivity index (χ0v) is 21.3. The molecule has 0 bridgehead atoms. The van der Waals surface area contributed by atoms with E-state index < -0.39 is 27.9 Å². The van der Waals surface area contributed by atoms with Gasteiger partial charge in [0.2, 0.25) is 21.8 Å². The summed E-state index contributed by atoms with van der Waals surface area (Å²) >= 11 is 1.24. The van der Waals surface area contributed by atoms with Gasteiger partial charge in [0.25, 0.3) is 0 Å². The van der Waals surface area contributed by atoms with Gasteiger partial charge >= 0.3 is 0 Å². The number of thiazole rings is 1. The molecule has 12 heteroatoms. The fourth-order valence-electron chi connectivity index (χ4n) is 3.40. The van der Waals surface area contributed by atoms with Gasteiger partial charge in [0.1, 0.15) is 11.8 Å². The van der Waals surface area contributed by atoms with Gasteiger partial charge in [0, 0.05) is 23.4 Å². The van der Waals surface area contributed by atoms with Crippen LogP contribution in [0.3, 0.4) is 0 Å². The molecule has 0 radical (unpaired) electrons. The van der Waals surface area contributed by atoms with Crippen molar-refractivity contribution in [3.63, 3.8) is 0 Å². The standard InChI is InChI=1S/C24H28N4O6S2/c1-34-18-11-8-12-19(15-18)36(32,33)28-20(13-6-3-7-14-22(29)27-31)23(30)26-24-25-21(16-35-24)17-9-4-2-5-10-17/h2,4-5,8-12,15-16,20,28,31H,3,6-7,13-14H2,1H3,(H,27,29)(H,25,26,30)/t20-/m0/s1. The lowest BCUT2D eigenvalue weighted by Crippen LogP contribution is -2.43. The number of anilines is 1. The minimum atomic E-state index is -4.03. The monoisotopic (exact) mass is 532 g/mol. The lowest BCUT2D eigenvalue weighted by atomic mass is 10.1. The largest absolute Gasteiger partial charge is 0.497 e. The molecule has 0 fully saturated rings. The maximum absolute atomic E-state index is 13.1. The summed E-state index contributed by atoms with van der Waals surface area (Å²) in [6.07, 6.45) is 1.85. The van der Waals surface area contributed by atoms with Crippen LogP contribution >= 0.6 is 11.3 Å². The Bertz CT molecular complexity index is 1260. The van der Waals surface area contributed by atoms with Crippen LogP contribution in [0.2, 0.25) is 0 Å². The first kappa shape index (κ1) is 27.3. The maximum Gasteiger partial charge on any atom is 0.244 e. The van der Waals surface area contributed by atoms with Crippen molar-refractivity contribution in [3.05, 3.63) is 60.0 Å². The number of nitrogens with one attached hydrogen (secondary N) is 3. The summed E-state index contributed by atoms with van der Waals surface area (Å²) in [6.45, 7) is 0. The number of unbranched alkanes of at least 4 members (excludes halogenated alkanes) is 2. The summed E-state index contributed by atoms with van der Waals surface area (Å²) in [5.41, 5.74) is 3.17. The number of nitrogens with zero attached hydrogens (tertiary/aromatic N) is 1. The average Bonchev–Trinajstić information content (AvgIpc) is 3.36. The summed E-state index contributed by atoms with van der Waals surface area (Å²) < 4.78 is 33.7. The van der Waals surface area contributed by atoms with E-state index in [-0.39, 0.29) is 17.7 Å². The Labute approximate surface area is 213 Å². The first-order valence-corrected chi connectivity index (χ1v) is 13.6. The molecule has 1 atom stereocenters. The molecule has 4 N–H and O–H groups in total. The molecule has 0 saturated heterocycles. The minimum absolute atomic E-state index is 0.0279. The summed E-state index contributed by atoms with van der Waals surface area (Å²) in [5.74, 6) is -0.665. The fourth-order valence-corrected chi connectivity index (χ4v) is 5.39. The van der Waals surface area contributed by atoms with Gasteiger partial charge in [-0.3, -0.25) is 14.8 Å². The first-order chi connectivity index (χ1) is 17.3. The van der Waals surface area contributed by atoms with E-state index in [0.29, 0.717) is 35.8 Å². The van der Waals surface area contributed by atoms with Crippen molar-refractivity contribution in [2.45, 2.75) is 43.0 Å². The second-order valence-electron chi connectivity index (χ2n) is 7.88. The molecule has 0 aliphatic heterocycles. The molecule has 10 nitrogen and oxygen atoms in total. The highest BCUT2D eigenvalue weighted by molar-refractivity contribution is 7.89. The van der Waals surface area contributed by atoms with E-state index in [1.54, 1.807) is 17.6 Å². The van der Waals surface area contributed by atoms with Crippen LogP contribution in [0.1, 0.15) is 32.1 Å². The third kappa shape index (κ3) is 7.85. The van der Waals surface area contributed by atoms with Crippen LogP contribution in [-0.2, 0) is 19.6 Å². The molecule has 0 unspecified atom stereocenters. The normalized spacial score (nSPS) is 12.1. The molecule has 3 rings (SSSR count). The van der Waals surface area contributed by atoms with Crippen molar-refractivity contribution in [3.8, 4) is 17.0 Å². The van der Waals surface area contributed by atoms with E-state index in [2.05, 4.69) is 15.0 Å². The molecule has 36 heavy (non-hydrogen) atoms. The predicted molar refractivity (Wildman–Crippen MR) is 136 cm³/mol. The van der Waals surface area contributed by atoms with E-state index in [1.807, 2.05) is 35.7 Å². The maximum atomic E-state index is 13.1. The van der Waals surface area contributed by atoms with Crippen molar-refractivity contribution >= 4 is 38.3 Å². The highest BCUT2D eigenvalue weighted by atomic mass is 32.2. The van der Waals surface area contributed by atoms with Crippen LogP contribution in [0.25, 0.3) is 11.3 Å². The summed E-state index contributed by atoms with van der Waals surface area (Å²) in [4.78, 5) is 28.7. The molecule has 1 heterocycles. The van der Waals surface area contributed by atoms with Crippen LogP contribution < -0.4 is 20.3 Å². The number of methoxy groups -OCH3 is 1. The topological polar surface area (TPSA) is 147 Å². The molecular weight excluding hydrogens is 504 g/mol. The van der Waals surface area contributed by atoms with Crippen LogP contribution in [0.4, 0.5) is 5.13 Å². The smallest absolute Gasteiger partial charge is 0.244 e. The Kier molecular flexibility index (Phi) is 9.94. The van der Waals surface area contributed by atoms with Crippen molar-refractivity contribution in [2.75, 3.05) is 12.4 Å². The number of rotatable bonds is 13. The SMILES string of the molecule is COc1cccc(S(=O)(=O)N[C@@H](CCCCCC(=O)NO)C(=O)Nc2nc(-c3ccccc3)cs2)c1. The zero-order chi connectivity index (χ0) is 26.0. The van der Waals surface area contributed by atoms with Crippen molar-refractivity contribution < 1.29 is 28.0 Å². The van der Waals surface area contributed by atoms with Crippen LogP contribution in [0, 0.1) is 0 Å². The van der Waals surface area contributed by atoms with Gasteiger partial charge in [-0.05, 0) is 25.0 Å². The van der Waals surface area contributed by atoms with Crippen LogP contribution in [0.5, 0.6) is 5.75 Å². The second-order valence-corrected chi connectivity index (χ2v) is 10.5. The lowest BCUT2D eigenvalue weighted by molar-refractivity contribution is -0.129. The molecule has 0 aliphatic rings. The lowest BCUT2D eigenvalue weighted by Gasteiger charge is -2.18. The number of hydroxylamine groups is 1. The van der Waals surface area contributed by atoms with E-state index in [1.165, 1.54) is 30.6 Å². The molecule has 2 aromatic carbocycles. The first-order valence-electron chi connectivity index (χ1n) is 11.2. The molecule has 192 valence electrons. The molecular formula is C24H28N4O6S2. The van der Waals surface area contributed by atoms with Gasteiger partial charge in [-0.1, -0.05) is 49.2 Å². The van der Waals surface area contributed by atoms with Crippen molar-refractivity contribution in [2.24, 2.45) is 0 Å². The average molecular weight is 533 g/mol. The number of aromatic nitrogens is 1.